The summed E-state index contributed by atoms with van der Waals surface area (Å²) >= 11 is 0. The van der Waals surface area contributed by atoms with Crippen LogP contribution in [-0.2, 0) is 31.7 Å². The zero-order valence-electron chi connectivity index (χ0n) is 21.3. The standard InChI is InChI=1S/C27H34N4O5/c1-5-17-27(2,25(33)34)36-22-13-11-21(12-14-22)16-19-31(18-15-20-9-7-6-8-10-20)23-24(32)29(3)26(35)30(4)28-23/h6-14H,5,15-19H2,1-4H3,(H,33,34). The third-order valence-electron chi connectivity index (χ3n) is 6.23. The van der Waals surface area contributed by atoms with Gasteiger partial charge in [0.1, 0.15) is 5.75 Å². The lowest BCUT2D eigenvalue weighted by atomic mass is 10.0. The number of carboxylic acid groups (broad SMARTS) is 1. The summed E-state index contributed by atoms with van der Waals surface area (Å²) in [6.45, 7) is 4.57. The van der Waals surface area contributed by atoms with Crippen LogP contribution in [0.5, 0.6) is 5.75 Å². The molecular weight excluding hydrogens is 460 g/mol. The number of nitrogens with zero attached hydrogens (tertiary/aromatic N) is 4. The number of hydrogen-bond acceptors (Lipinski definition) is 6. The minimum absolute atomic E-state index is 0.229. The fourth-order valence-electron chi connectivity index (χ4n) is 4.04. The Morgan fingerprint density at radius 3 is 2.14 bits per heavy atom. The van der Waals surface area contributed by atoms with Gasteiger partial charge in [-0.3, -0.25) is 9.36 Å². The molecule has 0 fully saturated rings. The third kappa shape index (κ3) is 6.41. The maximum Gasteiger partial charge on any atom is 0.347 e. The normalized spacial score (nSPS) is 12.7. The molecule has 1 heterocycles. The second kappa shape index (κ2) is 11.7. The van der Waals surface area contributed by atoms with Crippen molar-refractivity contribution < 1.29 is 14.6 Å². The zero-order valence-corrected chi connectivity index (χ0v) is 21.3. The molecule has 1 atom stereocenters. The third-order valence-corrected chi connectivity index (χ3v) is 6.23. The van der Waals surface area contributed by atoms with Crippen LogP contribution < -0.4 is 20.9 Å². The summed E-state index contributed by atoms with van der Waals surface area (Å²) in [6, 6.07) is 17.3. The molecule has 36 heavy (non-hydrogen) atoms. The molecule has 0 aliphatic rings. The highest BCUT2D eigenvalue weighted by Gasteiger charge is 2.34. The predicted octanol–water partition coefficient (Wildman–Crippen LogP) is 2.79. The first-order valence-electron chi connectivity index (χ1n) is 12.1. The van der Waals surface area contributed by atoms with E-state index in [0.29, 0.717) is 44.5 Å². The van der Waals surface area contributed by atoms with E-state index >= 15 is 0 Å². The van der Waals surface area contributed by atoms with E-state index in [1.54, 1.807) is 19.1 Å². The van der Waals surface area contributed by atoms with Crippen molar-refractivity contribution in [3.05, 3.63) is 86.6 Å². The molecule has 3 rings (SSSR count). The number of aliphatic carboxylic acids is 1. The van der Waals surface area contributed by atoms with Crippen LogP contribution in [0.1, 0.15) is 37.8 Å². The van der Waals surface area contributed by atoms with E-state index in [1.807, 2.05) is 54.3 Å². The van der Waals surface area contributed by atoms with Crippen LogP contribution >= 0.6 is 0 Å². The zero-order chi connectivity index (χ0) is 26.3. The summed E-state index contributed by atoms with van der Waals surface area (Å²) < 4.78 is 8.04. The maximum absolute atomic E-state index is 12.9. The van der Waals surface area contributed by atoms with Gasteiger partial charge in [0.05, 0.1) is 0 Å². The van der Waals surface area contributed by atoms with Gasteiger partial charge in [-0.1, -0.05) is 55.8 Å². The largest absolute Gasteiger partial charge is 0.478 e. The number of aromatic nitrogens is 3. The lowest BCUT2D eigenvalue weighted by Crippen LogP contribution is -2.44. The monoisotopic (exact) mass is 494 g/mol. The molecule has 0 saturated heterocycles. The summed E-state index contributed by atoms with van der Waals surface area (Å²) in [5.74, 6) is -0.271. The highest BCUT2D eigenvalue weighted by molar-refractivity contribution is 5.77. The van der Waals surface area contributed by atoms with Crippen molar-refractivity contribution in [2.75, 3.05) is 18.0 Å². The van der Waals surface area contributed by atoms with E-state index in [0.717, 1.165) is 15.7 Å². The summed E-state index contributed by atoms with van der Waals surface area (Å²) in [6.07, 6.45) is 2.43. The highest BCUT2D eigenvalue weighted by Crippen LogP contribution is 2.24. The molecule has 9 nitrogen and oxygen atoms in total. The molecular formula is C27H34N4O5. The van der Waals surface area contributed by atoms with Crippen molar-refractivity contribution in [2.45, 2.75) is 45.1 Å². The summed E-state index contributed by atoms with van der Waals surface area (Å²) in [7, 11) is 2.98. The molecule has 9 heteroatoms. The molecule has 0 aliphatic heterocycles. The SMILES string of the molecule is CCCC(C)(Oc1ccc(CCN(CCc2ccccc2)c2nn(C)c(=O)n(C)c2=O)cc1)C(=O)O. The molecule has 1 N–H and O–H groups in total. The molecule has 1 aromatic heterocycles. The van der Waals surface area contributed by atoms with Crippen LogP contribution in [0.15, 0.2) is 64.2 Å². The number of anilines is 1. The topological polar surface area (TPSA) is 107 Å². The van der Waals surface area contributed by atoms with Crippen LogP contribution in [0, 0.1) is 0 Å². The molecule has 0 bridgehead atoms. The maximum atomic E-state index is 12.9. The van der Waals surface area contributed by atoms with Crippen molar-refractivity contribution in [3.63, 3.8) is 0 Å². The van der Waals surface area contributed by atoms with Crippen LogP contribution in [-0.4, -0.2) is 44.1 Å². The first-order chi connectivity index (χ1) is 17.1. The minimum atomic E-state index is -1.28. The summed E-state index contributed by atoms with van der Waals surface area (Å²) in [5, 5.41) is 13.8. The first kappa shape index (κ1) is 26.7. The predicted molar refractivity (Wildman–Crippen MR) is 139 cm³/mol. The van der Waals surface area contributed by atoms with E-state index in [2.05, 4.69) is 5.10 Å². The van der Waals surface area contributed by atoms with E-state index < -0.39 is 22.8 Å². The molecule has 0 aliphatic carbocycles. The van der Waals surface area contributed by atoms with E-state index in [4.69, 9.17) is 4.74 Å². The van der Waals surface area contributed by atoms with Crippen LogP contribution in [0.4, 0.5) is 5.82 Å². The molecule has 2 aromatic carbocycles. The quantitative estimate of drug-likeness (QED) is 0.413. The molecule has 0 amide bonds. The first-order valence-corrected chi connectivity index (χ1v) is 12.1. The van der Waals surface area contributed by atoms with E-state index in [1.165, 1.54) is 18.8 Å². The molecule has 0 radical (unpaired) electrons. The lowest BCUT2D eigenvalue weighted by molar-refractivity contribution is -0.154. The Morgan fingerprint density at radius 1 is 1.00 bits per heavy atom. The second-order valence-electron chi connectivity index (χ2n) is 9.10. The fraction of sp³-hybridized carbons (Fsp3) is 0.407. The number of carboxylic acids is 1. The van der Waals surface area contributed by atoms with Crippen molar-refractivity contribution in [2.24, 2.45) is 14.1 Å². The number of aryl methyl sites for hydroxylation is 1. The Kier molecular flexibility index (Phi) is 8.68. The van der Waals surface area contributed by atoms with Gasteiger partial charge < -0.3 is 14.7 Å². The molecule has 3 aromatic rings. The Labute approximate surface area is 210 Å². The average molecular weight is 495 g/mol. The minimum Gasteiger partial charge on any atom is -0.478 e. The van der Waals surface area contributed by atoms with E-state index in [-0.39, 0.29) is 5.82 Å². The lowest BCUT2D eigenvalue weighted by Gasteiger charge is -2.26. The fourth-order valence-corrected chi connectivity index (χ4v) is 4.04. The van der Waals surface area contributed by atoms with Crippen LogP contribution in [0.2, 0.25) is 0 Å². The number of carbonyl (C=O) groups is 1. The van der Waals surface area contributed by atoms with Gasteiger partial charge >= 0.3 is 11.7 Å². The van der Waals surface area contributed by atoms with Gasteiger partial charge in [0.25, 0.3) is 5.56 Å². The van der Waals surface area contributed by atoms with Gasteiger partial charge in [-0.05, 0) is 49.4 Å². The number of hydrogen-bond donors (Lipinski definition) is 1. The summed E-state index contributed by atoms with van der Waals surface area (Å²) in [5.41, 5.74) is -0.0440. The van der Waals surface area contributed by atoms with Crippen LogP contribution in [0.25, 0.3) is 0 Å². The van der Waals surface area contributed by atoms with Gasteiger partial charge in [-0.25, -0.2) is 14.3 Å². The Bertz CT molecular complexity index is 1280. The highest BCUT2D eigenvalue weighted by atomic mass is 16.5. The average Bonchev–Trinajstić information content (AvgIpc) is 2.87. The van der Waals surface area contributed by atoms with Gasteiger partial charge in [-0.15, -0.1) is 5.10 Å². The van der Waals surface area contributed by atoms with Crippen molar-refractivity contribution >= 4 is 11.8 Å². The molecule has 0 saturated carbocycles. The summed E-state index contributed by atoms with van der Waals surface area (Å²) in [4.78, 5) is 38.6. The number of rotatable bonds is 12. The van der Waals surface area contributed by atoms with Crippen molar-refractivity contribution in [3.8, 4) is 5.75 Å². The Balaban J connectivity index is 1.78. The number of benzene rings is 2. The molecule has 192 valence electrons. The Hall–Kier alpha value is -3.88. The molecule has 0 spiro atoms. The van der Waals surface area contributed by atoms with Crippen molar-refractivity contribution in [1.29, 1.82) is 0 Å². The smallest absolute Gasteiger partial charge is 0.347 e. The van der Waals surface area contributed by atoms with Gasteiger partial charge in [-0.2, -0.15) is 0 Å². The Morgan fingerprint density at radius 2 is 1.58 bits per heavy atom. The van der Waals surface area contributed by atoms with Crippen LogP contribution in [0.3, 0.4) is 0 Å². The number of ether oxygens (including phenoxy) is 1. The van der Waals surface area contributed by atoms with Gasteiger partial charge in [0.2, 0.25) is 11.4 Å². The van der Waals surface area contributed by atoms with Gasteiger partial charge in [0, 0.05) is 27.2 Å². The van der Waals surface area contributed by atoms with Crippen molar-refractivity contribution in [1.82, 2.24) is 14.3 Å². The van der Waals surface area contributed by atoms with Gasteiger partial charge in [0.15, 0.2) is 0 Å². The van der Waals surface area contributed by atoms with E-state index in [9.17, 15) is 19.5 Å². The second-order valence-corrected chi connectivity index (χ2v) is 9.10. The molecule has 1 unspecified atom stereocenters.